The molecular weight excluding hydrogens is 391 g/mol. The van der Waals surface area contributed by atoms with Gasteiger partial charge in [-0.15, -0.1) is 0 Å². The van der Waals surface area contributed by atoms with E-state index < -0.39 is 17.4 Å². The third-order valence-corrected chi connectivity index (χ3v) is 5.66. The Morgan fingerprint density at radius 1 is 1.23 bits per heavy atom. The molecule has 0 radical (unpaired) electrons. The molecule has 30 heavy (non-hydrogen) atoms. The first kappa shape index (κ1) is 18.6. The minimum atomic E-state index is -1.59. The minimum absolute atomic E-state index is 0.0292. The van der Waals surface area contributed by atoms with Crippen LogP contribution in [0.1, 0.15) is 30.0 Å². The number of nitrogens with zero attached hydrogens (tertiary/aromatic N) is 1. The molecule has 0 atom stereocenters. The van der Waals surface area contributed by atoms with Crippen molar-refractivity contribution in [3.05, 3.63) is 57.6 Å². The molecule has 1 aliphatic heterocycles. The molecule has 2 aliphatic rings. The van der Waals surface area contributed by atoms with Gasteiger partial charge in [0, 0.05) is 19.1 Å². The van der Waals surface area contributed by atoms with Crippen molar-refractivity contribution in [3.8, 4) is 22.6 Å². The summed E-state index contributed by atoms with van der Waals surface area (Å²) in [5.41, 5.74) is 2.96. The molecule has 1 fully saturated rings. The highest BCUT2D eigenvalue weighted by Gasteiger charge is 2.30. The SMILES string of the molecule is COc1c(-c2ccc3c(c2)CNC3)c(F)cc2c(=O)c(OC(=O)O)cn(C3CC3)c12. The van der Waals surface area contributed by atoms with E-state index in [0.717, 1.165) is 31.0 Å². The summed E-state index contributed by atoms with van der Waals surface area (Å²) in [5.74, 6) is -0.710. The van der Waals surface area contributed by atoms with Gasteiger partial charge in [0.05, 0.1) is 29.8 Å². The van der Waals surface area contributed by atoms with Crippen molar-refractivity contribution < 1.29 is 23.8 Å². The predicted molar refractivity (Wildman–Crippen MR) is 108 cm³/mol. The summed E-state index contributed by atoms with van der Waals surface area (Å²) in [6.07, 6.45) is 1.52. The molecule has 2 aromatic carbocycles. The van der Waals surface area contributed by atoms with Crippen LogP contribution in [0.2, 0.25) is 0 Å². The number of rotatable bonds is 4. The van der Waals surface area contributed by atoms with Gasteiger partial charge in [0.25, 0.3) is 0 Å². The third-order valence-electron chi connectivity index (χ3n) is 5.66. The van der Waals surface area contributed by atoms with Gasteiger partial charge in [-0.2, -0.15) is 0 Å². The van der Waals surface area contributed by atoms with Crippen LogP contribution in [-0.2, 0) is 13.1 Å². The second-order valence-electron chi connectivity index (χ2n) is 7.58. The number of methoxy groups -OCH3 is 1. The Kier molecular flexibility index (Phi) is 4.25. The summed E-state index contributed by atoms with van der Waals surface area (Å²) in [7, 11) is 1.44. The lowest BCUT2D eigenvalue weighted by Crippen LogP contribution is -2.17. The van der Waals surface area contributed by atoms with Crippen molar-refractivity contribution in [1.29, 1.82) is 0 Å². The first-order chi connectivity index (χ1) is 14.5. The summed E-state index contributed by atoms with van der Waals surface area (Å²) in [6, 6.07) is 6.96. The molecule has 0 bridgehead atoms. The molecule has 3 aromatic rings. The lowest BCUT2D eigenvalue weighted by Gasteiger charge is -2.19. The van der Waals surface area contributed by atoms with Gasteiger partial charge in [-0.05, 0) is 41.7 Å². The van der Waals surface area contributed by atoms with Gasteiger partial charge in [0.2, 0.25) is 5.43 Å². The summed E-state index contributed by atoms with van der Waals surface area (Å²) < 4.78 is 27.4. The molecule has 1 aromatic heterocycles. The zero-order valence-electron chi connectivity index (χ0n) is 16.2. The van der Waals surface area contributed by atoms with E-state index >= 15 is 4.39 Å². The third kappa shape index (κ3) is 2.91. The molecule has 0 saturated heterocycles. The molecule has 0 amide bonds. The number of hydrogen-bond acceptors (Lipinski definition) is 5. The van der Waals surface area contributed by atoms with Gasteiger partial charge in [-0.3, -0.25) is 4.79 Å². The van der Waals surface area contributed by atoms with Crippen LogP contribution < -0.4 is 20.2 Å². The Morgan fingerprint density at radius 2 is 2.00 bits per heavy atom. The number of aromatic nitrogens is 1. The summed E-state index contributed by atoms with van der Waals surface area (Å²) in [6.45, 7) is 1.49. The van der Waals surface area contributed by atoms with Crippen LogP contribution in [0.15, 0.2) is 35.3 Å². The molecule has 1 saturated carbocycles. The van der Waals surface area contributed by atoms with E-state index in [9.17, 15) is 9.59 Å². The highest BCUT2D eigenvalue weighted by molar-refractivity contribution is 5.94. The zero-order valence-corrected chi connectivity index (χ0v) is 16.2. The van der Waals surface area contributed by atoms with E-state index in [0.29, 0.717) is 17.6 Å². The maximum absolute atomic E-state index is 15.3. The Bertz CT molecular complexity index is 1260. The van der Waals surface area contributed by atoms with E-state index in [1.54, 1.807) is 4.57 Å². The summed E-state index contributed by atoms with van der Waals surface area (Å²) >= 11 is 0. The number of pyridine rings is 1. The number of ether oxygens (including phenoxy) is 2. The Labute approximate surface area is 170 Å². The molecule has 2 heterocycles. The van der Waals surface area contributed by atoms with Crippen molar-refractivity contribution >= 4 is 17.1 Å². The first-order valence-electron chi connectivity index (χ1n) is 9.67. The van der Waals surface area contributed by atoms with Crippen molar-refractivity contribution in [1.82, 2.24) is 9.88 Å². The summed E-state index contributed by atoms with van der Waals surface area (Å²) in [4.78, 5) is 23.9. The molecule has 0 unspecified atom stereocenters. The lowest BCUT2D eigenvalue weighted by molar-refractivity contribution is 0.143. The van der Waals surface area contributed by atoms with Crippen LogP contribution in [-0.4, -0.2) is 22.9 Å². The monoisotopic (exact) mass is 410 g/mol. The fraction of sp³-hybridized carbons (Fsp3) is 0.273. The number of carboxylic acid groups (broad SMARTS) is 1. The number of hydrogen-bond donors (Lipinski definition) is 2. The van der Waals surface area contributed by atoms with Crippen molar-refractivity contribution in [2.45, 2.75) is 32.0 Å². The second-order valence-corrected chi connectivity index (χ2v) is 7.58. The number of fused-ring (bicyclic) bond motifs is 2. The van der Waals surface area contributed by atoms with Crippen LogP contribution in [0.4, 0.5) is 9.18 Å². The molecular formula is C22H19FN2O5. The Morgan fingerprint density at radius 3 is 2.70 bits per heavy atom. The van der Waals surface area contributed by atoms with Crippen LogP contribution >= 0.6 is 0 Å². The van der Waals surface area contributed by atoms with Crippen LogP contribution in [0.25, 0.3) is 22.0 Å². The molecule has 0 spiro atoms. The molecule has 2 N–H and O–H groups in total. The van der Waals surface area contributed by atoms with Crippen LogP contribution in [0, 0.1) is 5.82 Å². The van der Waals surface area contributed by atoms with E-state index in [1.165, 1.54) is 18.9 Å². The number of halogens is 1. The number of benzene rings is 2. The second kappa shape index (κ2) is 6.84. The average molecular weight is 410 g/mol. The van der Waals surface area contributed by atoms with E-state index in [1.807, 2.05) is 18.2 Å². The zero-order chi connectivity index (χ0) is 21.0. The maximum atomic E-state index is 15.3. The van der Waals surface area contributed by atoms with Gasteiger partial charge in [0.1, 0.15) is 5.82 Å². The lowest BCUT2D eigenvalue weighted by atomic mass is 9.97. The van der Waals surface area contributed by atoms with Crippen molar-refractivity contribution in [2.75, 3.05) is 7.11 Å². The Balaban J connectivity index is 1.82. The number of carbonyl (C=O) groups is 1. The minimum Gasteiger partial charge on any atom is -0.494 e. The maximum Gasteiger partial charge on any atom is 0.511 e. The normalized spacial score (nSPS) is 15.3. The van der Waals surface area contributed by atoms with Crippen LogP contribution in [0.3, 0.4) is 0 Å². The highest BCUT2D eigenvalue weighted by Crippen LogP contribution is 2.44. The fourth-order valence-electron chi connectivity index (χ4n) is 4.15. The molecule has 154 valence electrons. The van der Waals surface area contributed by atoms with Crippen molar-refractivity contribution in [2.24, 2.45) is 0 Å². The van der Waals surface area contributed by atoms with Gasteiger partial charge in [-0.25, -0.2) is 9.18 Å². The van der Waals surface area contributed by atoms with Crippen molar-refractivity contribution in [3.63, 3.8) is 0 Å². The summed E-state index contributed by atoms with van der Waals surface area (Å²) in [5, 5.41) is 12.3. The smallest absolute Gasteiger partial charge is 0.494 e. The fourth-order valence-corrected chi connectivity index (χ4v) is 4.15. The number of nitrogens with one attached hydrogen (secondary N) is 1. The predicted octanol–water partition coefficient (Wildman–Crippen LogP) is 3.81. The van der Waals surface area contributed by atoms with Crippen LogP contribution in [0.5, 0.6) is 11.5 Å². The average Bonchev–Trinajstić information content (AvgIpc) is 3.45. The van der Waals surface area contributed by atoms with E-state index in [4.69, 9.17) is 9.84 Å². The van der Waals surface area contributed by atoms with E-state index in [-0.39, 0.29) is 28.5 Å². The molecule has 1 aliphatic carbocycles. The van der Waals surface area contributed by atoms with Gasteiger partial charge < -0.3 is 24.5 Å². The van der Waals surface area contributed by atoms with Gasteiger partial charge >= 0.3 is 6.16 Å². The van der Waals surface area contributed by atoms with Gasteiger partial charge in [-0.1, -0.05) is 12.1 Å². The largest absolute Gasteiger partial charge is 0.511 e. The topological polar surface area (TPSA) is 89.8 Å². The standard InChI is InChI=1S/C22H19FN2O5/c1-29-21-18(11-2-3-12-8-24-9-13(12)6-11)16(23)7-15-19(21)25(14-4-5-14)10-17(20(15)26)30-22(27)28/h2-3,6-7,10,14,24H,4-5,8-9H2,1H3,(H,27,28). The first-order valence-corrected chi connectivity index (χ1v) is 9.67. The molecule has 8 heteroatoms. The van der Waals surface area contributed by atoms with E-state index in [2.05, 4.69) is 10.1 Å². The Hall–Kier alpha value is -3.39. The molecule has 5 rings (SSSR count). The quantitative estimate of drug-likeness (QED) is 0.636. The van der Waals surface area contributed by atoms with Gasteiger partial charge in [0.15, 0.2) is 11.5 Å². The molecule has 7 nitrogen and oxygen atoms in total. The highest BCUT2D eigenvalue weighted by atomic mass is 19.1.